The molecule has 2 aliphatic heterocycles. The average molecular weight is 458 g/mol. The van der Waals surface area contributed by atoms with Crippen LogP contribution in [0.1, 0.15) is 63.0 Å². The number of hydrogen-bond donors (Lipinski definition) is 1. The Bertz CT molecular complexity index is 836. The van der Waals surface area contributed by atoms with E-state index in [9.17, 15) is 9.18 Å². The van der Waals surface area contributed by atoms with Crippen molar-refractivity contribution in [2.24, 2.45) is 11.8 Å². The average Bonchev–Trinajstić information content (AvgIpc) is 3.36. The SMILES string of the molecule is CC/C=C(/C1CCCC1)N1CCN(Cc2cc(F)cc(NC(=O)C3CCOCC3)c2C)CC1. The molecule has 1 aromatic carbocycles. The third-order valence-electron chi connectivity index (χ3n) is 7.65. The number of benzene rings is 1. The van der Waals surface area contributed by atoms with Gasteiger partial charge in [-0.15, -0.1) is 0 Å². The van der Waals surface area contributed by atoms with Gasteiger partial charge in [-0.3, -0.25) is 9.69 Å². The molecular weight excluding hydrogens is 417 g/mol. The number of anilines is 1. The van der Waals surface area contributed by atoms with Crippen LogP contribution in [0.4, 0.5) is 10.1 Å². The van der Waals surface area contributed by atoms with Crippen LogP contribution in [0.25, 0.3) is 0 Å². The number of halogens is 1. The van der Waals surface area contributed by atoms with Crippen LogP contribution in [0.2, 0.25) is 0 Å². The molecule has 0 bridgehead atoms. The lowest BCUT2D eigenvalue weighted by Crippen LogP contribution is -2.46. The van der Waals surface area contributed by atoms with Gasteiger partial charge in [-0.25, -0.2) is 4.39 Å². The predicted octanol–water partition coefficient (Wildman–Crippen LogP) is 5.10. The van der Waals surface area contributed by atoms with Gasteiger partial charge in [-0.1, -0.05) is 25.8 Å². The van der Waals surface area contributed by atoms with Crippen LogP contribution in [-0.4, -0.2) is 55.1 Å². The molecule has 1 saturated carbocycles. The summed E-state index contributed by atoms with van der Waals surface area (Å²) < 4.78 is 19.8. The molecule has 1 N–H and O–H groups in total. The third-order valence-corrected chi connectivity index (χ3v) is 7.65. The maximum absolute atomic E-state index is 14.5. The summed E-state index contributed by atoms with van der Waals surface area (Å²) in [5.74, 6) is 0.381. The molecule has 4 rings (SSSR count). The van der Waals surface area contributed by atoms with Crippen LogP contribution in [0.3, 0.4) is 0 Å². The molecule has 0 radical (unpaired) electrons. The second kappa shape index (κ2) is 11.5. The molecule has 0 spiro atoms. The number of piperazine rings is 1. The molecule has 33 heavy (non-hydrogen) atoms. The van der Waals surface area contributed by atoms with Crippen LogP contribution in [0.5, 0.6) is 0 Å². The number of carbonyl (C=O) groups excluding carboxylic acids is 1. The lowest BCUT2D eigenvalue weighted by Gasteiger charge is -2.39. The molecule has 2 saturated heterocycles. The Hall–Kier alpha value is -1.92. The monoisotopic (exact) mass is 457 g/mol. The number of allylic oxidation sites excluding steroid dienone is 2. The van der Waals surface area contributed by atoms with Gasteiger partial charge in [0.1, 0.15) is 5.82 Å². The number of ether oxygens (including phenoxy) is 1. The minimum absolute atomic E-state index is 0.0197. The lowest BCUT2D eigenvalue weighted by molar-refractivity contribution is -0.122. The largest absolute Gasteiger partial charge is 0.381 e. The van der Waals surface area contributed by atoms with Gasteiger partial charge < -0.3 is 15.0 Å². The first-order valence-corrected chi connectivity index (χ1v) is 12.9. The molecule has 6 heteroatoms. The summed E-state index contributed by atoms with van der Waals surface area (Å²) in [4.78, 5) is 17.7. The highest BCUT2D eigenvalue weighted by Gasteiger charge is 2.27. The van der Waals surface area contributed by atoms with Gasteiger partial charge in [0.15, 0.2) is 0 Å². The van der Waals surface area contributed by atoms with E-state index in [4.69, 9.17) is 4.74 Å². The minimum atomic E-state index is -0.286. The highest BCUT2D eigenvalue weighted by molar-refractivity contribution is 5.93. The summed E-state index contributed by atoms with van der Waals surface area (Å²) in [6.07, 6.45) is 10.4. The van der Waals surface area contributed by atoms with E-state index in [0.717, 1.165) is 62.5 Å². The topological polar surface area (TPSA) is 44.8 Å². The van der Waals surface area contributed by atoms with Crippen molar-refractivity contribution in [2.75, 3.05) is 44.7 Å². The van der Waals surface area contributed by atoms with Crippen LogP contribution in [-0.2, 0) is 16.1 Å². The van der Waals surface area contributed by atoms with Crippen LogP contribution in [0.15, 0.2) is 23.9 Å². The molecule has 2 heterocycles. The molecule has 0 aromatic heterocycles. The maximum atomic E-state index is 14.5. The fourth-order valence-electron chi connectivity index (χ4n) is 5.61. The van der Waals surface area contributed by atoms with E-state index in [1.165, 1.54) is 31.7 Å². The zero-order chi connectivity index (χ0) is 23.2. The molecule has 5 nitrogen and oxygen atoms in total. The number of carbonyl (C=O) groups is 1. The highest BCUT2D eigenvalue weighted by atomic mass is 19.1. The van der Waals surface area contributed by atoms with E-state index in [2.05, 4.69) is 28.1 Å². The van der Waals surface area contributed by atoms with Crippen LogP contribution < -0.4 is 5.32 Å². The summed E-state index contributed by atoms with van der Waals surface area (Å²) >= 11 is 0. The second-order valence-corrected chi connectivity index (χ2v) is 9.90. The first-order valence-electron chi connectivity index (χ1n) is 12.9. The van der Waals surface area contributed by atoms with E-state index in [1.807, 2.05) is 6.92 Å². The summed E-state index contributed by atoms with van der Waals surface area (Å²) in [6, 6.07) is 3.09. The number of hydrogen-bond acceptors (Lipinski definition) is 4. The van der Waals surface area contributed by atoms with Crippen molar-refractivity contribution in [1.29, 1.82) is 0 Å². The van der Waals surface area contributed by atoms with Crippen molar-refractivity contribution in [3.05, 3.63) is 40.8 Å². The smallest absolute Gasteiger partial charge is 0.227 e. The Morgan fingerprint density at radius 2 is 1.79 bits per heavy atom. The predicted molar refractivity (Wildman–Crippen MR) is 130 cm³/mol. The van der Waals surface area contributed by atoms with Crippen molar-refractivity contribution in [3.63, 3.8) is 0 Å². The van der Waals surface area contributed by atoms with E-state index in [1.54, 1.807) is 11.8 Å². The van der Waals surface area contributed by atoms with E-state index in [0.29, 0.717) is 25.4 Å². The van der Waals surface area contributed by atoms with Gasteiger partial charge in [-0.05, 0) is 68.2 Å². The van der Waals surface area contributed by atoms with E-state index in [-0.39, 0.29) is 17.6 Å². The number of nitrogens with one attached hydrogen (secondary N) is 1. The quantitative estimate of drug-likeness (QED) is 0.619. The van der Waals surface area contributed by atoms with Crippen molar-refractivity contribution in [1.82, 2.24) is 9.80 Å². The minimum Gasteiger partial charge on any atom is -0.381 e. The summed E-state index contributed by atoms with van der Waals surface area (Å²) in [6.45, 7) is 10.2. The Labute approximate surface area is 198 Å². The van der Waals surface area contributed by atoms with Gasteiger partial charge in [-0.2, -0.15) is 0 Å². The fraction of sp³-hybridized carbons (Fsp3) is 0.667. The molecule has 182 valence electrons. The van der Waals surface area contributed by atoms with Gasteiger partial charge in [0, 0.05) is 63.2 Å². The molecule has 0 atom stereocenters. The number of amides is 1. The van der Waals surface area contributed by atoms with Crippen molar-refractivity contribution in [3.8, 4) is 0 Å². The zero-order valence-electron chi connectivity index (χ0n) is 20.4. The normalized spacial score (nSPS) is 21.5. The molecule has 3 fully saturated rings. The van der Waals surface area contributed by atoms with Gasteiger partial charge in [0.2, 0.25) is 5.91 Å². The molecule has 1 amide bonds. The number of nitrogens with zero attached hydrogens (tertiary/aromatic N) is 2. The Morgan fingerprint density at radius 3 is 2.45 bits per heavy atom. The maximum Gasteiger partial charge on any atom is 0.227 e. The Kier molecular flexibility index (Phi) is 8.42. The van der Waals surface area contributed by atoms with Crippen LogP contribution >= 0.6 is 0 Å². The fourth-order valence-corrected chi connectivity index (χ4v) is 5.61. The molecule has 3 aliphatic rings. The molecule has 0 unspecified atom stereocenters. The molecule has 1 aliphatic carbocycles. The van der Waals surface area contributed by atoms with Gasteiger partial charge in [0.25, 0.3) is 0 Å². The van der Waals surface area contributed by atoms with Crippen LogP contribution in [0, 0.1) is 24.6 Å². The van der Waals surface area contributed by atoms with Crippen molar-refractivity contribution in [2.45, 2.75) is 65.3 Å². The highest BCUT2D eigenvalue weighted by Crippen LogP contribution is 2.34. The molecular formula is C27H40FN3O2. The Morgan fingerprint density at radius 1 is 1.09 bits per heavy atom. The van der Waals surface area contributed by atoms with Gasteiger partial charge >= 0.3 is 0 Å². The van der Waals surface area contributed by atoms with Crippen molar-refractivity contribution >= 4 is 11.6 Å². The first kappa shape index (κ1) is 24.2. The Balaban J connectivity index is 1.37. The summed E-state index contributed by atoms with van der Waals surface area (Å²) in [5.41, 5.74) is 4.10. The second-order valence-electron chi connectivity index (χ2n) is 9.90. The van der Waals surface area contributed by atoms with Gasteiger partial charge in [0.05, 0.1) is 0 Å². The zero-order valence-corrected chi connectivity index (χ0v) is 20.4. The summed E-state index contributed by atoms with van der Waals surface area (Å²) in [5, 5.41) is 3.00. The lowest BCUT2D eigenvalue weighted by atomic mass is 9.98. The third kappa shape index (κ3) is 6.15. The summed E-state index contributed by atoms with van der Waals surface area (Å²) in [7, 11) is 0. The molecule has 1 aromatic rings. The number of rotatable bonds is 7. The van der Waals surface area contributed by atoms with E-state index < -0.39 is 0 Å². The van der Waals surface area contributed by atoms with E-state index >= 15 is 0 Å². The van der Waals surface area contributed by atoms with Crippen molar-refractivity contribution < 1.29 is 13.9 Å². The standard InChI is InChI=1S/C27H40FN3O2/c1-3-6-26(21-7-4-5-8-21)31-13-11-30(12-14-31)19-23-17-24(28)18-25(20(23)2)29-27(32)22-9-15-33-16-10-22/h6,17-18,21-22H,3-5,7-16,19H2,1-2H3,(H,29,32)/b26-6-. The first-order chi connectivity index (χ1) is 16.0.